The van der Waals surface area contributed by atoms with Gasteiger partial charge in [-0.2, -0.15) is 0 Å². The molecule has 0 fully saturated rings. The van der Waals surface area contributed by atoms with Gasteiger partial charge in [0, 0.05) is 28.2 Å². The number of hydrogen-bond donors (Lipinski definition) is 1. The number of nitrogens with one attached hydrogen (secondary N) is 1. The molecule has 16 heavy (non-hydrogen) atoms. The Morgan fingerprint density at radius 3 is 2.56 bits per heavy atom. The lowest BCUT2D eigenvalue weighted by molar-refractivity contribution is -0.116. The van der Waals surface area contributed by atoms with E-state index < -0.39 is 0 Å². The first-order chi connectivity index (χ1) is 7.65. The second kappa shape index (κ2) is 6.56. The molecule has 0 radical (unpaired) electrons. The van der Waals surface area contributed by atoms with Gasteiger partial charge in [-0.25, -0.2) is 0 Å². The van der Waals surface area contributed by atoms with Crippen LogP contribution in [0.15, 0.2) is 24.3 Å². The Bertz CT molecular complexity index is 382. The Morgan fingerprint density at radius 1 is 1.38 bits per heavy atom. The molecule has 1 aromatic rings. The molecule has 0 aromatic heterocycles. The normalized spacial score (nSPS) is 10.7. The van der Waals surface area contributed by atoms with Gasteiger partial charge in [-0.1, -0.05) is 36.2 Å². The van der Waals surface area contributed by atoms with E-state index in [1.54, 1.807) is 24.3 Å². The molecule has 0 aliphatic rings. The quantitative estimate of drug-likeness (QED) is 0.822. The average molecular weight is 258 g/mol. The standard InChI is InChI=1S/C12H13Cl2NO/c1-2-8-15-12(16)7-6-9-10(13)4-3-5-11(9)14/h3-7H,2,8H2,1H3,(H,15,16). The van der Waals surface area contributed by atoms with E-state index in [1.807, 2.05) is 6.92 Å². The Balaban J connectivity index is 2.72. The van der Waals surface area contributed by atoms with Crippen molar-refractivity contribution in [2.75, 3.05) is 6.54 Å². The number of halogens is 2. The van der Waals surface area contributed by atoms with Crippen LogP contribution in [0.2, 0.25) is 10.0 Å². The summed E-state index contributed by atoms with van der Waals surface area (Å²) in [6, 6.07) is 5.23. The summed E-state index contributed by atoms with van der Waals surface area (Å²) in [7, 11) is 0. The number of benzene rings is 1. The highest BCUT2D eigenvalue weighted by Crippen LogP contribution is 2.25. The highest BCUT2D eigenvalue weighted by Gasteiger charge is 2.01. The first-order valence-electron chi connectivity index (χ1n) is 5.05. The van der Waals surface area contributed by atoms with Crippen molar-refractivity contribution >= 4 is 35.2 Å². The number of carbonyl (C=O) groups is 1. The zero-order valence-corrected chi connectivity index (χ0v) is 10.5. The third kappa shape index (κ3) is 3.87. The molecular weight excluding hydrogens is 245 g/mol. The van der Waals surface area contributed by atoms with E-state index in [0.717, 1.165) is 6.42 Å². The maximum atomic E-state index is 11.3. The second-order valence-electron chi connectivity index (χ2n) is 3.26. The third-order valence-corrected chi connectivity index (χ3v) is 2.61. The van der Waals surface area contributed by atoms with Gasteiger partial charge in [-0.05, 0) is 24.6 Å². The first kappa shape index (κ1) is 13.1. The summed E-state index contributed by atoms with van der Waals surface area (Å²) >= 11 is 11.9. The van der Waals surface area contributed by atoms with Crippen molar-refractivity contribution in [3.63, 3.8) is 0 Å². The predicted octanol–water partition coefficient (Wildman–Crippen LogP) is 3.53. The van der Waals surface area contributed by atoms with Crippen LogP contribution in [0.25, 0.3) is 6.08 Å². The zero-order chi connectivity index (χ0) is 12.0. The Morgan fingerprint density at radius 2 is 2.00 bits per heavy atom. The van der Waals surface area contributed by atoms with Crippen molar-refractivity contribution in [3.05, 3.63) is 39.9 Å². The maximum Gasteiger partial charge on any atom is 0.244 e. The minimum Gasteiger partial charge on any atom is -0.353 e. The van der Waals surface area contributed by atoms with Gasteiger partial charge in [-0.15, -0.1) is 0 Å². The van der Waals surface area contributed by atoms with Crippen LogP contribution in [-0.2, 0) is 4.79 Å². The molecule has 2 nitrogen and oxygen atoms in total. The van der Waals surface area contributed by atoms with Gasteiger partial charge in [0.15, 0.2) is 0 Å². The number of rotatable bonds is 4. The molecule has 0 saturated heterocycles. The van der Waals surface area contributed by atoms with Gasteiger partial charge >= 0.3 is 0 Å². The smallest absolute Gasteiger partial charge is 0.244 e. The van der Waals surface area contributed by atoms with Crippen molar-refractivity contribution in [2.45, 2.75) is 13.3 Å². The van der Waals surface area contributed by atoms with Crippen LogP contribution in [0.1, 0.15) is 18.9 Å². The van der Waals surface area contributed by atoms with E-state index in [-0.39, 0.29) is 5.91 Å². The molecule has 86 valence electrons. The van der Waals surface area contributed by atoms with Crippen LogP contribution < -0.4 is 5.32 Å². The molecule has 0 atom stereocenters. The molecule has 0 bridgehead atoms. The summed E-state index contributed by atoms with van der Waals surface area (Å²) in [5, 5.41) is 3.80. The first-order valence-corrected chi connectivity index (χ1v) is 5.80. The van der Waals surface area contributed by atoms with Gasteiger partial charge < -0.3 is 5.32 Å². The zero-order valence-electron chi connectivity index (χ0n) is 8.97. The van der Waals surface area contributed by atoms with Crippen LogP contribution in [0, 0.1) is 0 Å². The molecule has 0 heterocycles. The van der Waals surface area contributed by atoms with Crippen molar-refractivity contribution in [3.8, 4) is 0 Å². The summed E-state index contributed by atoms with van der Waals surface area (Å²) in [5.41, 5.74) is 0.664. The summed E-state index contributed by atoms with van der Waals surface area (Å²) in [5.74, 6) is -0.141. The maximum absolute atomic E-state index is 11.3. The molecule has 0 unspecified atom stereocenters. The van der Waals surface area contributed by atoms with Gasteiger partial charge in [0.05, 0.1) is 0 Å². The summed E-state index contributed by atoms with van der Waals surface area (Å²) in [6.07, 6.45) is 3.96. The Hall–Kier alpha value is -0.990. The fourth-order valence-electron chi connectivity index (χ4n) is 1.14. The average Bonchev–Trinajstić information content (AvgIpc) is 2.25. The van der Waals surface area contributed by atoms with E-state index >= 15 is 0 Å². The molecular formula is C12H13Cl2NO. The molecule has 0 aliphatic heterocycles. The second-order valence-corrected chi connectivity index (χ2v) is 4.07. The minimum absolute atomic E-state index is 0.141. The lowest BCUT2D eigenvalue weighted by atomic mass is 10.2. The van der Waals surface area contributed by atoms with Gasteiger partial charge in [-0.3, -0.25) is 4.79 Å². The van der Waals surface area contributed by atoms with E-state index in [0.29, 0.717) is 22.2 Å². The van der Waals surface area contributed by atoms with Crippen LogP contribution in [-0.4, -0.2) is 12.5 Å². The van der Waals surface area contributed by atoms with E-state index in [9.17, 15) is 4.79 Å². The van der Waals surface area contributed by atoms with Gasteiger partial charge in [0.1, 0.15) is 0 Å². The van der Waals surface area contributed by atoms with E-state index in [2.05, 4.69) is 5.32 Å². The van der Waals surface area contributed by atoms with Crippen molar-refractivity contribution in [2.24, 2.45) is 0 Å². The van der Waals surface area contributed by atoms with E-state index in [4.69, 9.17) is 23.2 Å². The highest BCUT2D eigenvalue weighted by atomic mass is 35.5. The molecule has 1 amide bonds. The highest BCUT2D eigenvalue weighted by molar-refractivity contribution is 6.37. The molecule has 0 spiro atoms. The monoisotopic (exact) mass is 257 g/mol. The SMILES string of the molecule is CCCNC(=O)C=Cc1c(Cl)cccc1Cl. The van der Waals surface area contributed by atoms with Crippen LogP contribution in [0.4, 0.5) is 0 Å². The predicted molar refractivity (Wildman–Crippen MR) is 68.8 cm³/mol. The largest absolute Gasteiger partial charge is 0.353 e. The summed E-state index contributed by atoms with van der Waals surface area (Å²) in [4.78, 5) is 11.3. The van der Waals surface area contributed by atoms with Crippen molar-refractivity contribution < 1.29 is 4.79 Å². The lowest BCUT2D eigenvalue weighted by Crippen LogP contribution is -2.21. The van der Waals surface area contributed by atoms with Gasteiger partial charge in [0.25, 0.3) is 0 Å². The van der Waals surface area contributed by atoms with Crippen molar-refractivity contribution in [1.29, 1.82) is 0 Å². The fourth-order valence-corrected chi connectivity index (χ4v) is 1.66. The van der Waals surface area contributed by atoms with E-state index in [1.165, 1.54) is 6.08 Å². The van der Waals surface area contributed by atoms with Gasteiger partial charge in [0.2, 0.25) is 5.91 Å². The minimum atomic E-state index is -0.141. The molecule has 1 N–H and O–H groups in total. The number of hydrogen-bond acceptors (Lipinski definition) is 1. The van der Waals surface area contributed by atoms with Crippen LogP contribution in [0.3, 0.4) is 0 Å². The number of carbonyl (C=O) groups excluding carboxylic acids is 1. The van der Waals surface area contributed by atoms with Crippen LogP contribution in [0.5, 0.6) is 0 Å². The van der Waals surface area contributed by atoms with Crippen LogP contribution >= 0.6 is 23.2 Å². The van der Waals surface area contributed by atoms with Crippen molar-refractivity contribution in [1.82, 2.24) is 5.32 Å². The number of amides is 1. The fraction of sp³-hybridized carbons (Fsp3) is 0.250. The lowest BCUT2D eigenvalue weighted by Gasteiger charge is -2.01. The Labute approximate surface area is 105 Å². The summed E-state index contributed by atoms with van der Waals surface area (Å²) in [6.45, 7) is 2.66. The molecule has 0 saturated carbocycles. The Kier molecular flexibility index (Phi) is 5.36. The summed E-state index contributed by atoms with van der Waals surface area (Å²) < 4.78 is 0. The molecule has 4 heteroatoms. The topological polar surface area (TPSA) is 29.1 Å². The molecule has 1 rings (SSSR count). The third-order valence-electron chi connectivity index (χ3n) is 1.95. The molecule has 1 aromatic carbocycles. The molecule has 0 aliphatic carbocycles.